The van der Waals surface area contributed by atoms with Gasteiger partial charge in [0.2, 0.25) is 0 Å². The van der Waals surface area contributed by atoms with Crippen LogP contribution in [-0.2, 0) is 9.53 Å². The molecule has 176 valence electrons. The largest absolute Gasteiger partial charge is 0.479 e. The minimum absolute atomic E-state index is 0.269. The zero-order valence-electron chi connectivity index (χ0n) is 18.3. The molecule has 0 bridgehead atoms. The molecule has 3 aromatic carbocycles. The third kappa shape index (κ3) is 5.17. The van der Waals surface area contributed by atoms with Gasteiger partial charge in [-0.2, -0.15) is 0 Å². The Labute approximate surface area is 213 Å². The van der Waals surface area contributed by atoms with Crippen molar-refractivity contribution in [2.75, 3.05) is 13.7 Å². The lowest BCUT2D eigenvalue weighted by atomic mass is 10.0. The number of halogens is 3. The van der Waals surface area contributed by atoms with Gasteiger partial charge in [-0.05, 0) is 54.8 Å². The number of methoxy groups -OCH3 is 1. The molecule has 0 saturated carbocycles. The minimum atomic E-state index is -0.582. The van der Waals surface area contributed by atoms with E-state index in [2.05, 4.69) is 0 Å². The predicted octanol–water partition coefficient (Wildman–Crippen LogP) is 6.59. The SMILES string of the molecule is COC(=O)[C@@H]1CCCN1C(=O)c1ccc(OC(c2ccc(Cl)cc2)c2ccccc2Cl)c(Cl)c1. The number of nitrogens with zero attached hydrogens (tertiary/aromatic N) is 1. The number of carbonyl (C=O) groups excluding carboxylic acids is 2. The molecule has 0 radical (unpaired) electrons. The van der Waals surface area contributed by atoms with Crippen molar-refractivity contribution in [1.29, 1.82) is 0 Å². The van der Waals surface area contributed by atoms with Crippen molar-refractivity contribution in [3.8, 4) is 5.75 Å². The van der Waals surface area contributed by atoms with Crippen molar-refractivity contribution < 1.29 is 19.1 Å². The van der Waals surface area contributed by atoms with Gasteiger partial charge >= 0.3 is 5.97 Å². The Morgan fingerprint density at radius 2 is 1.71 bits per heavy atom. The highest BCUT2D eigenvalue weighted by molar-refractivity contribution is 6.32. The summed E-state index contributed by atoms with van der Waals surface area (Å²) in [5.41, 5.74) is 1.97. The van der Waals surface area contributed by atoms with Crippen LogP contribution in [0.5, 0.6) is 5.75 Å². The number of hydrogen-bond acceptors (Lipinski definition) is 4. The molecule has 8 heteroatoms. The number of carbonyl (C=O) groups is 2. The Balaban J connectivity index is 1.62. The van der Waals surface area contributed by atoms with Gasteiger partial charge in [-0.15, -0.1) is 0 Å². The van der Waals surface area contributed by atoms with Crippen molar-refractivity contribution in [2.24, 2.45) is 0 Å². The Kier molecular flexibility index (Phi) is 7.67. The normalized spacial score (nSPS) is 16.2. The van der Waals surface area contributed by atoms with E-state index < -0.39 is 18.1 Å². The van der Waals surface area contributed by atoms with Crippen LogP contribution >= 0.6 is 34.8 Å². The van der Waals surface area contributed by atoms with E-state index in [-0.39, 0.29) is 10.9 Å². The van der Waals surface area contributed by atoms with Crippen LogP contribution in [0.3, 0.4) is 0 Å². The van der Waals surface area contributed by atoms with Gasteiger partial charge in [0.1, 0.15) is 11.8 Å². The first kappa shape index (κ1) is 24.4. The molecule has 0 spiro atoms. The van der Waals surface area contributed by atoms with Crippen LogP contribution in [-0.4, -0.2) is 36.5 Å². The molecule has 4 rings (SSSR count). The molecule has 3 aromatic rings. The van der Waals surface area contributed by atoms with E-state index in [0.717, 1.165) is 17.5 Å². The molecule has 0 N–H and O–H groups in total. The van der Waals surface area contributed by atoms with Crippen LogP contribution in [0.25, 0.3) is 0 Å². The number of likely N-dealkylation sites (tertiary alicyclic amines) is 1. The number of amides is 1. The fraction of sp³-hybridized carbons (Fsp3) is 0.231. The maximum Gasteiger partial charge on any atom is 0.328 e. The number of ether oxygens (including phenoxy) is 2. The molecule has 1 unspecified atom stereocenters. The third-order valence-corrected chi connectivity index (χ3v) is 6.66. The number of rotatable bonds is 6. The molecular weight excluding hydrogens is 497 g/mol. The summed E-state index contributed by atoms with van der Waals surface area (Å²) in [5, 5.41) is 1.42. The molecule has 1 aliphatic heterocycles. The Bertz CT molecular complexity index is 1200. The van der Waals surface area contributed by atoms with E-state index in [4.69, 9.17) is 44.3 Å². The lowest BCUT2D eigenvalue weighted by Gasteiger charge is -2.24. The Morgan fingerprint density at radius 3 is 2.38 bits per heavy atom. The lowest BCUT2D eigenvalue weighted by Crippen LogP contribution is -2.41. The standard InChI is InChI=1S/C26H22Cl3NO4/c1-33-26(32)22-7-4-14-30(22)25(31)17-10-13-23(21(29)15-17)34-24(16-8-11-18(27)12-9-16)19-5-2-3-6-20(19)28/h2-3,5-6,8-13,15,22,24H,4,7,14H2,1H3/t22-,24?/m0/s1. The van der Waals surface area contributed by atoms with Crippen LogP contribution in [0.2, 0.25) is 15.1 Å². The molecule has 2 atom stereocenters. The van der Waals surface area contributed by atoms with Crippen molar-refractivity contribution in [3.05, 3.63) is 98.5 Å². The van der Waals surface area contributed by atoms with Crippen LogP contribution in [0.4, 0.5) is 0 Å². The molecule has 0 aromatic heterocycles. The molecule has 34 heavy (non-hydrogen) atoms. The molecule has 5 nitrogen and oxygen atoms in total. The van der Waals surface area contributed by atoms with Gasteiger partial charge in [0, 0.05) is 27.7 Å². The molecule has 1 saturated heterocycles. The maximum absolute atomic E-state index is 13.1. The molecular formula is C26H22Cl3NO4. The van der Waals surface area contributed by atoms with E-state index in [1.54, 1.807) is 36.4 Å². The third-order valence-electron chi connectivity index (χ3n) is 5.77. The van der Waals surface area contributed by atoms with Crippen LogP contribution < -0.4 is 4.74 Å². The molecule has 1 amide bonds. The minimum Gasteiger partial charge on any atom is -0.479 e. The van der Waals surface area contributed by atoms with E-state index in [1.807, 2.05) is 30.3 Å². The van der Waals surface area contributed by atoms with Gasteiger partial charge in [0.05, 0.1) is 12.1 Å². The van der Waals surface area contributed by atoms with Crippen LogP contribution in [0.15, 0.2) is 66.7 Å². The molecule has 1 aliphatic rings. The quantitative estimate of drug-likeness (QED) is 0.345. The summed E-state index contributed by atoms with van der Waals surface area (Å²) in [7, 11) is 1.32. The summed E-state index contributed by atoms with van der Waals surface area (Å²) >= 11 is 19.1. The van der Waals surface area contributed by atoms with Crippen LogP contribution in [0.1, 0.15) is 40.4 Å². The van der Waals surface area contributed by atoms with Crippen molar-refractivity contribution >= 4 is 46.7 Å². The smallest absolute Gasteiger partial charge is 0.328 e. The summed E-state index contributed by atoms with van der Waals surface area (Å²) in [6.45, 7) is 0.486. The first-order chi connectivity index (χ1) is 16.4. The second-order valence-electron chi connectivity index (χ2n) is 7.90. The molecule has 1 heterocycles. The average Bonchev–Trinajstić information content (AvgIpc) is 3.33. The summed E-state index contributed by atoms with van der Waals surface area (Å²) in [5.74, 6) is -0.298. The predicted molar refractivity (Wildman–Crippen MR) is 133 cm³/mol. The number of benzene rings is 3. The second kappa shape index (κ2) is 10.7. The van der Waals surface area contributed by atoms with Gasteiger partial charge in [-0.25, -0.2) is 4.79 Å². The summed E-state index contributed by atoms with van der Waals surface area (Å²) in [4.78, 5) is 26.6. The highest BCUT2D eigenvalue weighted by atomic mass is 35.5. The lowest BCUT2D eigenvalue weighted by molar-refractivity contribution is -0.145. The fourth-order valence-electron chi connectivity index (χ4n) is 4.05. The van der Waals surface area contributed by atoms with Gasteiger partial charge < -0.3 is 14.4 Å². The summed E-state index contributed by atoms with van der Waals surface area (Å²) < 4.78 is 11.2. The van der Waals surface area contributed by atoms with Crippen molar-refractivity contribution in [2.45, 2.75) is 25.0 Å². The highest BCUT2D eigenvalue weighted by Crippen LogP contribution is 2.36. The van der Waals surface area contributed by atoms with Gasteiger partial charge in [-0.1, -0.05) is 65.1 Å². The molecule has 1 fully saturated rings. The zero-order chi connectivity index (χ0) is 24.2. The number of hydrogen-bond donors (Lipinski definition) is 0. The topological polar surface area (TPSA) is 55.8 Å². The van der Waals surface area contributed by atoms with E-state index in [9.17, 15) is 9.59 Å². The second-order valence-corrected chi connectivity index (χ2v) is 9.15. The maximum atomic E-state index is 13.1. The van der Waals surface area contributed by atoms with Gasteiger partial charge in [0.15, 0.2) is 6.10 Å². The first-order valence-electron chi connectivity index (χ1n) is 10.7. The van der Waals surface area contributed by atoms with E-state index in [1.165, 1.54) is 12.0 Å². The van der Waals surface area contributed by atoms with Crippen molar-refractivity contribution in [3.63, 3.8) is 0 Å². The average molecular weight is 519 g/mol. The summed E-state index contributed by atoms with van der Waals surface area (Å²) in [6.07, 6.45) is 0.766. The van der Waals surface area contributed by atoms with Gasteiger partial charge in [0.25, 0.3) is 5.91 Å². The Morgan fingerprint density at radius 1 is 0.971 bits per heavy atom. The molecule has 0 aliphatic carbocycles. The monoisotopic (exact) mass is 517 g/mol. The highest BCUT2D eigenvalue weighted by Gasteiger charge is 2.35. The number of esters is 1. The van der Waals surface area contributed by atoms with Crippen LogP contribution in [0, 0.1) is 0 Å². The zero-order valence-corrected chi connectivity index (χ0v) is 20.6. The van der Waals surface area contributed by atoms with E-state index in [0.29, 0.717) is 34.3 Å². The van der Waals surface area contributed by atoms with E-state index >= 15 is 0 Å². The van der Waals surface area contributed by atoms with Gasteiger partial charge in [-0.3, -0.25) is 4.79 Å². The van der Waals surface area contributed by atoms with Crippen molar-refractivity contribution in [1.82, 2.24) is 4.90 Å². The Hall–Kier alpha value is -2.73. The first-order valence-corrected chi connectivity index (χ1v) is 11.9. The fourth-order valence-corrected chi connectivity index (χ4v) is 4.64. The summed E-state index contributed by atoms with van der Waals surface area (Å²) in [6, 6.07) is 18.9.